The van der Waals surface area contributed by atoms with Gasteiger partial charge in [-0.15, -0.1) is 0 Å². The molecule has 0 bridgehead atoms. The molecule has 6 atom stereocenters. The van der Waals surface area contributed by atoms with Crippen molar-refractivity contribution in [3.63, 3.8) is 0 Å². The molecule has 3 N–H and O–H groups in total. The summed E-state index contributed by atoms with van der Waals surface area (Å²) in [5.74, 6) is 1.70. The fourth-order valence-corrected chi connectivity index (χ4v) is 7.62. The number of piperidine rings is 1. The molecular weight excluding hydrogens is 424 g/mol. The Morgan fingerprint density at radius 3 is 2.36 bits per heavy atom. The summed E-state index contributed by atoms with van der Waals surface area (Å²) in [7, 11) is 0. The predicted octanol–water partition coefficient (Wildman–Crippen LogP) is 4.69. The first-order valence-electron chi connectivity index (χ1n) is 13.1. The highest BCUT2D eigenvalue weighted by Crippen LogP contribution is 2.59. The lowest BCUT2D eigenvalue weighted by molar-refractivity contribution is -0.128. The van der Waals surface area contributed by atoms with Gasteiger partial charge in [-0.25, -0.2) is 8.78 Å². The summed E-state index contributed by atoms with van der Waals surface area (Å²) < 4.78 is 26.3. The first-order chi connectivity index (χ1) is 15.6. The molecule has 1 aliphatic heterocycles. The molecule has 1 saturated heterocycles. The Hall–Kier alpha value is -0.820. The molecular formula is C27H43F2NO3. The third-order valence-corrected chi connectivity index (χ3v) is 9.47. The monoisotopic (exact) mass is 467 g/mol. The topological polar surface area (TPSA) is 63.9 Å². The van der Waals surface area contributed by atoms with Crippen LogP contribution in [-0.2, 0) is 0 Å². The number of aliphatic hydroxyl groups excluding tert-OH is 2. The summed E-state index contributed by atoms with van der Waals surface area (Å²) in [6, 6.07) is 0. The first kappa shape index (κ1) is 25.3. The average molecular weight is 468 g/mol. The Morgan fingerprint density at radius 1 is 1.06 bits per heavy atom. The van der Waals surface area contributed by atoms with E-state index in [0.29, 0.717) is 50.1 Å². The Bertz CT molecular complexity index is 734. The van der Waals surface area contributed by atoms with E-state index in [1.54, 1.807) is 0 Å². The molecule has 188 valence electrons. The lowest BCUT2D eigenvalue weighted by Gasteiger charge is -2.46. The fraction of sp³-hybridized carbons (Fsp3) is 0.852. The zero-order valence-electron chi connectivity index (χ0n) is 20.4. The van der Waals surface area contributed by atoms with E-state index in [0.717, 1.165) is 18.5 Å². The number of rotatable bonds is 5. The number of aliphatic hydroxyl groups is 3. The standard InChI is InChI=1S/C27H43F2NO3/c1-18(17-30-12-10-27(33,11-13-30)25(28)29)23-7-8-24-20(4-3-9-26(23,24)2)6-5-19-14-21(31)16-22(32)15-19/h5-6,18,21-25,31-33H,3-4,7-17H2,1-2H3/b20-6+/t18-,21+,22+,23+,24-,26+/m0/s1. The van der Waals surface area contributed by atoms with E-state index in [9.17, 15) is 24.1 Å². The minimum atomic E-state index is -2.66. The highest BCUT2D eigenvalue weighted by molar-refractivity contribution is 5.26. The van der Waals surface area contributed by atoms with Crippen molar-refractivity contribution in [3.8, 4) is 0 Å². The second-order valence-electron chi connectivity index (χ2n) is 11.8. The van der Waals surface area contributed by atoms with E-state index in [1.165, 1.54) is 31.3 Å². The summed E-state index contributed by atoms with van der Waals surface area (Å²) in [6.07, 6.45) is 9.06. The van der Waals surface area contributed by atoms with Gasteiger partial charge in [-0.05, 0) is 87.4 Å². The van der Waals surface area contributed by atoms with Crippen LogP contribution in [0.2, 0.25) is 0 Å². The van der Waals surface area contributed by atoms with Gasteiger partial charge in [0.15, 0.2) is 0 Å². The smallest absolute Gasteiger partial charge is 0.266 e. The number of likely N-dealkylation sites (tertiary alicyclic amines) is 1. The normalized spacial score (nSPS) is 39.6. The molecule has 33 heavy (non-hydrogen) atoms. The summed E-state index contributed by atoms with van der Waals surface area (Å²) in [6.45, 7) is 6.82. The Kier molecular flexibility index (Phi) is 7.69. The molecule has 3 aliphatic carbocycles. The SMILES string of the molecule is C[C@@H](CN1CCC(O)(C(F)F)CC1)[C@H]1CC[C@H]2/C(=C/C=C3C[C@@H](O)C[C@H](O)C3)CCC[C@]12C. The molecule has 0 aromatic rings. The zero-order chi connectivity index (χ0) is 23.8. The van der Waals surface area contributed by atoms with Gasteiger partial charge < -0.3 is 20.2 Å². The van der Waals surface area contributed by atoms with Gasteiger partial charge >= 0.3 is 0 Å². The fourth-order valence-electron chi connectivity index (χ4n) is 7.62. The molecule has 1 heterocycles. The Labute approximate surface area is 197 Å². The van der Waals surface area contributed by atoms with Crippen LogP contribution in [0.3, 0.4) is 0 Å². The highest BCUT2D eigenvalue weighted by atomic mass is 19.3. The van der Waals surface area contributed by atoms with E-state index in [-0.39, 0.29) is 18.3 Å². The van der Waals surface area contributed by atoms with Gasteiger partial charge in [-0.1, -0.05) is 37.1 Å². The summed E-state index contributed by atoms with van der Waals surface area (Å²) in [4.78, 5) is 2.28. The van der Waals surface area contributed by atoms with Gasteiger partial charge in [0.2, 0.25) is 0 Å². The van der Waals surface area contributed by atoms with Gasteiger partial charge in [0.1, 0.15) is 5.60 Å². The lowest BCUT2D eigenvalue weighted by Crippen LogP contribution is -2.50. The van der Waals surface area contributed by atoms with Gasteiger partial charge in [-0.2, -0.15) is 0 Å². The number of alkyl halides is 2. The maximum absolute atomic E-state index is 13.1. The van der Waals surface area contributed by atoms with E-state index in [4.69, 9.17) is 0 Å². The number of allylic oxidation sites excluding steroid dienone is 3. The van der Waals surface area contributed by atoms with Crippen molar-refractivity contribution in [1.29, 1.82) is 0 Å². The van der Waals surface area contributed by atoms with Crippen molar-refractivity contribution in [3.05, 3.63) is 23.3 Å². The second-order valence-corrected chi connectivity index (χ2v) is 11.8. The molecule has 0 aromatic carbocycles. The summed E-state index contributed by atoms with van der Waals surface area (Å²) in [5.41, 5.74) is 1.15. The van der Waals surface area contributed by atoms with E-state index in [2.05, 4.69) is 30.9 Å². The van der Waals surface area contributed by atoms with Crippen LogP contribution in [0.25, 0.3) is 0 Å². The zero-order valence-corrected chi connectivity index (χ0v) is 20.4. The Balaban J connectivity index is 1.39. The van der Waals surface area contributed by atoms with Crippen molar-refractivity contribution in [2.75, 3.05) is 19.6 Å². The molecule has 4 fully saturated rings. The highest BCUT2D eigenvalue weighted by Gasteiger charge is 2.51. The van der Waals surface area contributed by atoms with Crippen molar-refractivity contribution < 1.29 is 24.1 Å². The molecule has 6 heteroatoms. The number of fused-ring (bicyclic) bond motifs is 1. The molecule has 3 saturated carbocycles. The molecule has 0 radical (unpaired) electrons. The second kappa shape index (κ2) is 10.0. The quantitative estimate of drug-likeness (QED) is 0.549. The molecule has 0 amide bonds. The molecule has 4 nitrogen and oxygen atoms in total. The average Bonchev–Trinajstić information content (AvgIpc) is 3.11. The van der Waals surface area contributed by atoms with Crippen LogP contribution >= 0.6 is 0 Å². The maximum Gasteiger partial charge on any atom is 0.266 e. The van der Waals surface area contributed by atoms with E-state index >= 15 is 0 Å². The van der Waals surface area contributed by atoms with E-state index < -0.39 is 24.2 Å². The van der Waals surface area contributed by atoms with Crippen molar-refractivity contribution in [2.45, 2.75) is 102 Å². The van der Waals surface area contributed by atoms with Crippen LogP contribution in [0.4, 0.5) is 8.78 Å². The third kappa shape index (κ3) is 5.39. The number of hydrogen-bond donors (Lipinski definition) is 3. The number of halogens is 2. The minimum absolute atomic E-state index is 0.160. The van der Waals surface area contributed by atoms with Crippen molar-refractivity contribution >= 4 is 0 Å². The summed E-state index contributed by atoms with van der Waals surface area (Å²) >= 11 is 0. The molecule has 0 spiro atoms. The van der Waals surface area contributed by atoms with Crippen LogP contribution < -0.4 is 0 Å². The molecule has 0 unspecified atom stereocenters. The molecule has 0 aromatic heterocycles. The lowest BCUT2D eigenvalue weighted by atomic mass is 9.61. The van der Waals surface area contributed by atoms with Crippen LogP contribution in [-0.4, -0.2) is 64.1 Å². The van der Waals surface area contributed by atoms with Crippen LogP contribution in [0.5, 0.6) is 0 Å². The van der Waals surface area contributed by atoms with Gasteiger partial charge in [0.25, 0.3) is 6.43 Å². The van der Waals surface area contributed by atoms with Gasteiger partial charge in [0.05, 0.1) is 12.2 Å². The minimum Gasteiger partial charge on any atom is -0.393 e. The van der Waals surface area contributed by atoms with Crippen LogP contribution in [0, 0.1) is 23.2 Å². The van der Waals surface area contributed by atoms with Gasteiger partial charge in [0, 0.05) is 19.6 Å². The summed E-state index contributed by atoms with van der Waals surface area (Å²) in [5, 5.41) is 30.1. The van der Waals surface area contributed by atoms with Gasteiger partial charge in [-0.3, -0.25) is 0 Å². The van der Waals surface area contributed by atoms with Crippen molar-refractivity contribution in [2.24, 2.45) is 23.2 Å². The molecule has 4 rings (SSSR count). The third-order valence-electron chi connectivity index (χ3n) is 9.47. The van der Waals surface area contributed by atoms with Crippen molar-refractivity contribution in [1.82, 2.24) is 4.90 Å². The molecule has 4 aliphatic rings. The van der Waals surface area contributed by atoms with Crippen LogP contribution in [0.15, 0.2) is 23.3 Å². The van der Waals surface area contributed by atoms with E-state index in [1.807, 2.05) is 0 Å². The largest absolute Gasteiger partial charge is 0.393 e. The maximum atomic E-state index is 13.1. The number of nitrogens with zero attached hydrogens (tertiary/aromatic N) is 1. The number of hydrogen-bond acceptors (Lipinski definition) is 4. The Morgan fingerprint density at radius 2 is 1.73 bits per heavy atom. The predicted molar refractivity (Wildman–Crippen MR) is 126 cm³/mol. The first-order valence-corrected chi connectivity index (χ1v) is 13.1. The van der Waals surface area contributed by atoms with Crippen LogP contribution in [0.1, 0.15) is 78.1 Å².